The zero-order valence-electron chi connectivity index (χ0n) is 21.4. The number of nitrogens with one attached hydrogen (secondary N) is 2. The maximum Gasteiger partial charge on any atom is 0.274 e. The summed E-state index contributed by atoms with van der Waals surface area (Å²) in [5.41, 5.74) is 2.03. The molecule has 0 aliphatic rings. The highest BCUT2D eigenvalue weighted by Gasteiger charge is 2.16. The number of aromatic nitrogens is 4. The van der Waals surface area contributed by atoms with Crippen LogP contribution in [0.3, 0.4) is 0 Å². The SMILES string of the molecule is Cc1cc(NC(=O)CCC/C=C/C(=O)N(C)C)c(=O)n(Cc2nc3c(F)cnc(CC(C)C)c3[nH]2)c1. The molecule has 3 aromatic heterocycles. The third-order valence-corrected chi connectivity index (χ3v) is 5.50. The van der Waals surface area contributed by atoms with Crippen molar-refractivity contribution in [2.75, 3.05) is 19.4 Å². The van der Waals surface area contributed by atoms with Crippen molar-refractivity contribution in [1.82, 2.24) is 24.4 Å². The molecule has 10 heteroatoms. The largest absolute Gasteiger partial charge is 0.345 e. The smallest absolute Gasteiger partial charge is 0.274 e. The van der Waals surface area contributed by atoms with Gasteiger partial charge in [-0.15, -0.1) is 0 Å². The van der Waals surface area contributed by atoms with Gasteiger partial charge in [-0.1, -0.05) is 19.9 Å². The Morgan fingerprint density at radius 2 is 2.06 bits per heavy atom. The number of pyridine rings is 2. The Balaban J connectivity index is 1.72. The predicted molar refractivity (Wildman–Crippen MR) is 137 cm³/mol. The lowest BCUT2D eigenvalue weighted by Gasteiger charge is -2.10. The summed E-state index contributed by atoms with van der Waals surface area (Å²) in [6.07, 6.45) is 8.04. The molecule has 0 fully saturated rings. The molecular formula is C26H33FN6O3. The molecule has 0 bridgehead atoms. The fraction of sp³-hybridized carbons (Fsp3) is 0.423. The number of nitrogens with zero attached hydrogens (tertiary/aromatic N) is 4. The summed E-state index contributed by atoms with van der Waals surface area (Å²) in [5, 5.41) is 2.69. The summed E-state index contributed by atoms with van der Waals surface area (Å²) in [6.45, 7) is 6.02. The topological polar surface area (TPSA) is 113 Å². The van der Waals surface area contributed by atoms with Crippen LogP contribution in [0.2, 0.25) is 0 Å². The van der Waals surface area contributed by atoms with E-state index in [2.05, 4.69) is 34.1 Å². The first-order chi connectivity index (χ1) is 17.0. The van der Waals surface area contributed by atoms with Crippen molar-refractivity contribution in [3.05, 3.63) is 63.9 Å². The molecule has 0 spiro atoms. The third kappa shape index (κ3) is 6.87. The van der Waals surface area contributed by atoms with Crippen LogP contribution in [-0.4, -0.2) is 50.3 Å². The van der Waals surface area contributed by atoms with E-state index in [0.717, 1.165) is 11.3 Å². The van der Waals surface area contributed by atoms with Gasteiger partial charge in [-0.3, -0.25) is 19.4 Å². The monoisotopic (exact) mass is 496 g/mol. The molecule has 0 saturated heterocycles. The lowest BCUT2D eigenvalue weighted by molar-refractivity contribution is -0.123. The molecule has 192 valence electrons. The van der Waals surface area contributed by atoms with Crippen LogP contribution in [0.4, 0.5) is 10.1 Å². The Morgan fingerprint density at radius 3 is 2.75 bits per heavy atom. The summed E-state index contributed by atoms with van der Waals surface area (Å²) in [6, 6.07) is 1.62. The molecule has 0 unspecified atom stereocenters. The summed E-state index contributed by atoms with van der Waals surface area (Å²) in [4.78, 5) is 50.2. The van der Waals surface area contributed by atoms with E-state index in [1.165, 1.54) is 21.7 Å². The number of anilines is 1. The normalized spacial score (nSPS) is 11.5. The molecule has 2 amide bonds. The molecule has 0 aromatic carbocycles. The number of likely N-dealkylation sites (N-methyl/N-ethyl adjacent to an activating group) is 1. The predicted octanol–water partition coefficient (Wildman–Crippen LogP) is 3.57. The number of aromatic amines is 1. The Kier molecular flexibility index (Phi) is 8.73. The van der Waals surface area contributed by atoms with Crippen molar-refractivity contribution < 1.29 is 14.0 Å². The van der Waals surface area contributed by atoms with Gasteiger partial charge in [0.2, 0.25) is 11.8 Å². The van der Waals surface area contributed by atoms with Crippen molar-refractivity contribution in [1.29, 1.82) is 0 Å². The van der Waals surface area contributed by atoms with E-state index in [9.17, 15) is 18.8 Å². The van der Waals surface area contributed by atoms with E-state index in [-0.39, 0.29) is 41.5 Å². The van der Waals surface area contributed by atoms with Gasteiger partial charge in [-0.2, -0.15) is 0 Å². The van der Waals surface area contributed by atoms with E-state index < -0.39 is 5.82 Å². The number of hydrogen-bond acceptors (Lipinski definition) is 5. The van der Waals surface area contributed by atoms with E-state index in [0.29, 0.717) is 36.5 Å². The van der Waals surface area contributed by atoms with Gasteiger partial charge in [0.05, 0.1) is 24.0 Å². The van der Waals surface area contributed by atoms with E-state index in [1.54, 1.807) is 32.4 Å². The second kappa shape index (κ2) is 11.7. The van der Waals surface area contributed by atoms with Crippen molar-refractivity contribution in [3.8, 4) is 0 Å². The number of aryl methyl sites for hydroxylation is 1. The van der Waals surface area contributed by atoms with Crippen LogP contribution in [0.25, 0.3) is 11.0 Å². The number of carbonyl (C=O) groups excluding carboxylic acids is 2. The molecule has 36 heavy (non-hydrogen) atoms. The van der Waals surface area contributed by atoms with Gasteiger partial charge in [-0.05, 0) is 49.8 Å². The molecule has 0 aliphatic carbocycles. The van der Waals surface area contributed by atoms with E-state index in [1.807, 2.05) is 6.92 Å². The fourth-order valence-electron chi connectivity index (χ4n) is 3.76. The quantitative estimate of drug-likeness (QED) is 0.329. The summed E-state index contributed by atoms with van der Waals surface area (Å²) in [7, 11) is 3.34. The summed E-state index contributed by atoms with van der Waals surface area (Å²) in [5.74, 6) is -0.164. The van der Waals surface area contributed by atoms with Gasteiger partial charge in [0, 0.05) is 26.7 Å². The van der Waals surface area contributed by atoms with Crippen LogP contribution in [0.15, 0.2) is 35.4 Å². The van der Waals surface area contributed by atoms with E-state index >= 15 is 0 Å². The number of unbranched alkanes of at least 4 members (excludes halogenated alkanes) is 1. The maximum absolute atomic E-state index is 14.3. The van der Waals surface area contributed by atoms with Crippen molar-refractivity contribution in [2.24, 2.45) is 5.92 Å². The molecule has 3 rings (SSSR count). The third-order valence-electron chi connectivity index (χ3n) is 5.50. The van der Waals surface area contributed by atoms with Gasteiger partial charge < -0.3 is 19.8 Å². The van der Waals surface area contributed by atoms with Gasteiger partial charge in [-0.25, -0.2) is 9.37 Å². The number of imidazole rings is 1. The first-order valence-electron chi connectivity index (χ1n) is 12.0. The number of hydrogen-bond donors (Lipinski definition) is 2. The number of H-pyrrole nitrogens is 1. The van der Waals surface area contributed by atoms with Gasteiger partial charge in [0.15, 0.2) is 5.82 Å². The molecule has 2 N–H and O–H groups in total. The highest BCUT2D eigenvalue weighted by atomic mass is 19.1. The Morgan fingerprint density at radius 1 is 1.31 bits per heavy atom. The van der Waals surface area contributed by atoms with E-state index in [4.69, 9.17) is 0 Å². The highest BCUT2D eigenvalue weighted by Crippen LogP contribution is 2.20. The average Bonchev–Trinajstić information content (AvgIpc) is 3.23. The number of carbonyl (C=O) groups is 2. The zero-order valence-corrected chi connectivity index (χ0v) is 21.4. The van der Waals surface area contributed by atoms with Crippen LogP contribution in [0.5, 0.6) is 0 Å². The minimum atomic E-state index is -0.523. The van der Waals surface area contributed by atoms with Gasteiger partial charge in [0.1, 0.15) is 17.0 Å². The van der Waals surface area contributed by atoms with Gasteiger partial charge >= 0.3 is 0 Å². The number of halogens is 1. The molecule has 0 saturated carbocycles. The molecular weight excluding hydrogens is 463 g/mol. The minimum absolute atomic E-state index is 0.0866. The van der Waals surface area contributed by atoms with Crippen LogP contribution in [0, 0.1) is 18.7 Å². The number of amides is 2. The first kappa shape index (κ1) is 26.8. The number of allylic oxidation sites excluding steroid dienone is 1. The van der Waals surface area contributed by atoms with Crippen LogP contribution in [-0.2, 0) is 22.6 Å². The molecule has 0 radical (unpaired) electrons. The average molecular weight is 497 g/mol. The summed E-state index contributed by atoms with van der Waals surface area (Å²) >= 11 is 0. The van der Waals surface area contributed by atoms with Crippen molar-refractivity contribution in [3.63, 3.8) is 0 Å². The molecule has 3 aromatic rings. The lowest BCUT2D eigenvalue weighted by Crippen LogP contribution is -2.26. The molecule has 9 nitrogen and oxygen atoms in total. The summed E-state index contributed by atoms with van der Waals surface area (Å²) < 4.78 is 15.8. The fourth-order valence-corrected chi connectivity index (χ4v) is 3.76. The zero-order chi connectivity index (χ0) is 26.4. The van der Waals surface area contributed by atoms with Crippen molar-refractivity contribution in [2.45, 2.75) is 53.0 Å². The van der Waals surface area contributed by atoms with Crippen LogP contribution in [0.1, 0.15) is 50.2 Å². The Labute approximate surface area is 209 Å². The molecule has 0 atom stereocenters. The maximum atomic E-state index is 14.3. The molecule has 0 aliphatic heterocycles. The lowest BCUT2D eigenvalue weighted by atomic mass is 10.1. The van der Waals surface area contributed by atoms with Crippen LogP contribution < -0.4 is 10.9 Å². The van der Waals surface area contributed by atoms with Gasteiger partial charge in [0.25, 0.3) is 5.56 Å². The van der Waals surface area contributed by atoms with Crippen molar-refractivity contribution >= 4 is 28.5 Å². The first-order valence-corrected chi connectivity index (χ1v) is 12.0. The second-order valence-electron chi connectivity index (χ2n) is 9.50. The molecule has 3 heterocycles. The minimum Gasteiger partial charge on any atom is -0.345 e. The number of rotatable bonds is 10. The highest BCUT2D eigenvalue weighted by molar-refractivity contribution is 5.90. The second-order valence-corrected chi connectivity index (χ2v) is 9.50. The van der Waals surface area contributed by atoms with Crippen LogP contribution >= 0.6 is 0 Å². The Bertz CT molecular complexity index is 1340. The number of fused-ring (bicyclic) bond motifs is 1. The standard InChI is InChI=1S/C26H33FN6O3/c1-16(2)11-19-25-24(18(27)13-28-19)30-21(31-25)15-33-14-17(3)12-20(26(33)36)29-22(34)9-7-6-8-10-23(35)32(4)5/h8,10,12-14,16H,6-7,9,11,15H2,1-5H3,(H,29,34)(H,30,31)/b10-8+. The Hall–Kier alpha value is -3.82.